The summed E-state index contributed by atoms with van der Waals surface area (Å²) in [5.74, 6) is 0.613. The number of carbonyl (C=O) groups is 1. The number of nitrogens with one attached hydrogen (secondary N) is 1. The minimum Gasteiger partial charge on any atom is -0.506 e. The van der Waals surface area contributed by atoms with Crippen LogP contribution in [0.15, 0.2) is 58.1 Å². The molecule has 28 heavy (non-hydrogen) atoms. The van der Waals surface area contributed by atoms with E-state index in [0.717, 1.165) is 10.8 Å². The second-order valence-corrected chi connectivity index (χ2v) is 7.41. The average Bonchev–Trinajstić information content (AvgIpc) is 2.69. The van der Waals surface area contributed by atoms with Gasteiger partial charge in [0.1, 0.15) is 12.4 Å². The topological polar surface area (TPSA) is 80.2 Å². The number of aromatic hydroxyl groups is 1. The molecule has 0 spiro atoms. The maximum Gasteiger partial charge on any atom is 0.284 e. The minimum absolute atomic E-state index is 0.0274. The summed E-state index contributed by atoms with van der Waals surface area (Å²) in [4.78, 5) is 12.4. The molecule has 2 N–H and O–H groups in total. The highest BCUT2D eigenvalue weighted by Gasteiger charge is 2.27. The Hall–Kier alpha value is -2.77. The van der Waals surface area contributed by atoms with Crippen LogP contribution in [0.3, 0.4) is 0 Å². The number of hydrogen-bond acceptors (Lipinski definition) is 5. The summed E-state index contributed by atoms with van der Waals surface area (Å²) < 4.78 is 11.9. The van der Waals surface area contributed by atoms with Gasteiger partial charge in [-0.3, -0.25) is 4.79 Å². The van der Waals surface area contributed by atoms with Gasteiger partial charge < -0.3 is 14.6 Å². The Bertz CT molecular complexity index is 1100. The number of halogens is 2. The smallest absolute Gasteiger partial charge is 0.284 e. The van der Waals surface area contributed by atoms with Crippen molar-refractivity contribution in [3.05, 3.63) is 63.6 Å². The van der Waals surface area contributed by atoms with Crippen LogP contribution >= 0.6 is 27.5 Å². The van der Waals surface area contributed by atoms with E-state index in [1.54, 1.807) is 6.07 Å². The van der Waals surface area contributed by atoms with E-state index < -0.39 is 12.0 Å². The predicted molar refractivity (Wildman–Crippen MR) is 110 cm³/mol. The van der Waals surface area contributed by atoms with Crippen LogP contribution in [-0.2, 0) is 4.79 Å². The third-order valence-electron chi connectivity index (χ3n) is 4.20. The van der Waals surface area contributed by atoms with Gasteiger partial charge in [-0.1, -0.05) is 35.9 Å². The molecule has 0 fully saturated rings. The number of rotatable bonds is 3. The van der Waals surface area contributed by atoms with E-state index in [2.05, 4.69) is 26.5 Å². The first-order chi connectivity index (χ1) is 13.5. The Labute approximate surface area is 173 Å². The molecular weight excluding hydrogens is 448 g/mol. The summed E-state index contributed by atoms with van der Waals surface area (Å²) in [7, 11) is 0. The number of phenols is 1. The highest BCUT2D eigenvalue weighted by atomic mass is 79.9. The number of nitrogens with zero attached hydrogens (tertiary/aromatic N) is 1. The molecule has 1 heterocycles. The van der Waals surface area contributed by atoms with E-state index in [-0.39, 0.29) is 12.4 Å². The van der Waals surface area contributed by atoms with E-state index in [0.29, 0.717) is 26.6 Å². The van der Waals surface area contributed by atoms with Crippen LogP contribution in [0.1, 0.15) is 5.56 Å². The monoisotopic (exact) mass is 460 g/mol. The third kappa shape index (κ3) is 3.76. The summed E-state index contributed by atoms with van der Waals surface area (Å²) in [5.41, 5.74) is 2.75. The second kappa shape index (κ2) is 7.69. The minimum atomic E-state index is -0.842. The van der Waals surface area contributed by atoms with E-state index in [1.807, 2.05) is 36.4 Å². The van der Waals surface area contributed by atoms with Gasteiger partial charge in [0.25, 0.3) is 5.91 Å². The van der Waals surface area contributed by atoms with Crippen molar-refractivity contribution < 1.29 is 19.4 Å². The fourth-order valence-electron chi connectivity index (χ4n) is 2.81. The number of hydrazone groups is 1. The molecular formula is C20H14BrClN2O4. The Balaban J connectivity index is 1.46. The van der Waals surface area contributed by atoms with Gasteiger partial charge >= 0.3 is 0 Å². The Morgan fingerprint density at radius 3 is 2.68 bits per heavy atom. The molecule has 0 aromatic heterocycles. The molecule has 142 valence electrons. The summed E-state index contributed by atoms with van der Waals surface area (Å²) in [6, 6.07) is 14.6. The zero-order chi connectivity index (χ0) is 19.7. The third-order valence-corrected chi connectivity index (χ3v) is 5.02. The van der Waals surface area contributed by atoms with Gasteiger partial charge in [0.05, 0.1) is 10.7 Å². The number of carbonyl (C=O) groups excluding carboxylic acids is 1. The lowest BCUT2D eigenvalue weighted by Gasteiger charge is -2.25. The van der Waals surface area contributed by atoms with Crippen LogP contribution in [0, 0.1) is 0 Å². The Morgan fingerprint density at radius 1 is 1.21 bits per heavy atom. The van der Waals surface area contributed by atoms with E-state index >= 15 is 0 Å². The van der Waals surface area contributed by atoms with Gasteiger partial charge in [-0.2, -0.15) is 5.10 Å². The average molecular weight is 462 g/mol. The van der Waals surface area contributed by atoms with Crippen LogP contribution in [0.4, 0.5) is 0 Å². The molecule has 0 aliphatic carbocycles. The van der Waals surface area contributed by atoms with Crippen molar-refractivity contribution in [2.75, 3.05) is 6.61 Å². The van der Waals surface area contributed by atoms with E-state index in [1.165, 1.54) is 12.3 Å². The quantitative estimate of drug-likeness (QED) is 0.451. The molecule has 0 saturated heterocycles. The summed E-state index contributed by atoms with van der Waals surface area (Å²) in [6.07, 6.45) is 0.458. The molecule has 1 atom stereocenters. The van der Waals surface area contributed by atoms with Gasteiger partial charge in [-0.15, -0.1) is 0 Å². The fraction of sp³-hybridized carbons (Fsp3) is 0.100. The molecule has 1 aliphatic rings. The van der Waals surface area contributed by atoms with Gasteiger partial charge in [-0.05, 0) is 51.0 Å². The first-order valence-corrected chi connectivity index (χ1v) is 9.51. The molecule has 3 aromatic rings. The van der Waals surface area contributed by atoms with Gasteiger partial charge in [0, 0.05) is 10.6 Å². The van der Waals surface area contributed by atoms with Crippen molar-refractivity contribution >= 4 is 50.4 Å². The molecule has 3 aromatic carbocycles. The van der Waals surface area contributed by atoms with Crippen molar-refractivity contribution in [1.29, 1.82) is 0 Å². The number of fused-ring (bicyclic) bond motifs is 2. The Morgan fingerprint density at radius 2 is 1.93 bits per heavy atom. The molecule has 6 nitrogen and oxygen atoms in total. The number of amides is 1. The SMILES string of the molecule is O=C(NN=Cc1cc(Cl)cc(Br)c1O)C1COc2cc3ccccc3cc2O1. The summed E-state index contributed by atoms with van der Waals surface area (Å²) in [6.45, 7) is 0.0701. The van der Waals surface area contributed by atoms with Crippen LogP contribution in [0.5, 0.6) is 17.2 Å². The number of hydrogen-bond donors (Lipinski definition) is 2. The molecule has 0 radical (unpaired) electrons. The first kappa shape index (κ1) is 18.6. The van der Waals surface area contributed by atoms with Crippen molar-refractivity contribution in [2.45, 2.75) is 6.10 Å². The molecule has 4 rings (SSSR count). The summed E-state index contributed by atoms with van der Waals surface area (Å²) >= 11 is 9.14. The van der Waals surface area contributed by atoms with E-state index in [4.69, 9.17) is 21.1 Å². The second-order valence-electron chi connectivity index (χ2n) is 6.12. The molecule has 1 amide bonds. The van der Waals surface area contributed by atoms with Crippen molar-refractivity contribution in [3.63, 3.8) is 0 Å². The fourth-order valence-corrected chi connectivity index (χ4v) is 3.64. The first-order valence-electron chi connectivity index (χ1n) is 8.34. The highest BCUT2D eigenvalue weighted by Crippen LogP contribution is 2.36. The van der Waals surface area contributed by atoms with Crippen molar-refractivity contribution in [2.24, 2.45) is 5.10 Å². The lowest BCUT2D eigenvalue weighted by Crippen LogP contribution is -2.42. The van der Waals surface area contributed by atoms with E-state index in [9.17, 15) is 9.90 Å². The van der Waals surface area contributed by atoms with Crippen molar-refractivity contribution in [1.82, 2.24) is 5.43 Å². The molecule has 0 saturated carbocycles. The number of ether oxygens (including phenoxy) is 2. The largest absolute Gasteiger partial charge is 0.506 e. The van der Waals surface area contributed by atoms with Crippen molar-refractivity contribution in [3.8, 4) is 17.2 Å². The number of benzene rings is 3. The molecule has 8 heteroatoms. The normalized spacial score (nSPS) is 15.7. The zero-order valence-corrected chi connectivity index (χ0v) is 16.7. The van der Waals surface area contributed by atoms with Crippen LogP contribution < -0.4 is 14.9 Å². The maximum atomic E-state index is 12.4. The van der Waals surface area contributed by atoms with Gasteiger partial charge in [-0.25, -0.2) is 5.43 Å². The maximum absolute atomic E-state index is 12.4. The lowest BCUT2D eigenvalue weighted by atomic mass is 10.1. The van der Waals surface area contributed by atoms with Gasteiger partial charge in [0.2, 0.25) is 6.10 Å². The predicted octanol–water partition coefficient (Wildman–Crippen LogP) is 4.25. The standard InChI is InChI=1S/C20H14BrClN2O4/c21-15-8-14(22)5-13(19(15)25)9-23-24-20(26)18-10-27-16-6-11-3-1-2-4-12(11)7-17(16)28-18/h1-9,18,25H,10H2,(H,24,26). The van der Waals surface area contributed by atoms with Crippen LogP contribution in [-0.4, -0.2) is 29.9 Å². The molecule has 1 unspecified atom stereocenters. The van der Waals surface area contributed by atoms with Gasteiger partial charge in [0.15, 0.2) is 11.5 Å². The van der Waals surface area contributed by atoms with Crippen LogP contribution in [0.2, 0.25) is 5.02 Å². The molecule has 1 aliphatic heterocycles. The lowest BCUT2D eigenvalue weighted by molar-refractivity contribution is -0.130. The zero-order valence-electron chi connectivity index (χ0n) is 14.4. The highest BCUT2D eigenvalue weighted by molar-refractivity contribution is 9.10. The molecule has 0 bridgehead atoms. The Kier molecular flexibility index (Phi) is 5.11. The van der Waals surface area contributed by atoms with Crippen LogP contribution in [0.25, 0.3) is 10.8 Å². The summed E-state index contributed by atoms with van der Waals surface area (Å²) in [5, 5.41) is 16.3. The number of phenolic OH excluding ortho intramolecular Hbond substituents is 1.